The smallest absolute Gasteiger partial charge is 0.258 e. The van der Waals surface area contributed by atoms with Gasteiger partial charge in [0.15, 0.2) is 5.76 Å². The Balaban J connectivity index is 2.35. The van der Waals surface area contributed by atoms with Crippen LogP contribution in [-0.2, 0) is 13.0 Å². The zero-order chi connectivity index (χ0) is 17.5. The summed E-state index contributed by atoms with van der Waals surface area (Å²) in [7, 11) is 3.89. The van der Waals surface area contributed by atoms with Gasteiger partial charge in [-0.05, 0) is 31.7 Å². The molecule has 6 heteroatoms. The van der Waals surface area contributed by atoms with Crippen molar-refractivity contribution in [2.45, 2.75) is 38.8 Å². The van der Waals surface area contributed by atoms with E-state index in [9.17, 15) is 5.11 Å². The number of hydrogen-bond donors (Lipinski definition) is 1. The fraction of sp³-hybridized carbons (Fsp3) is 0.500. The minimum atomic E-state index is -0.122. The lowest BCUT2D eigenvalue weighted by atomic mass is 10.0. The molecule has 0 radical (unpaired) electrons. The Labute approximate surface area is 142 Å². The van der Waals surface area contributed by atoms with E-state index in [-0.39, 0.29) is 12.6 Å². The molecule has 0 aliphatic rings. The molecule has 1 N–H and O–H groups in total. The van der Waals surface area contributed by atoms with Crippen molar-refractivity contribution in [2.24, 2.45) is 0 Å². The van der Waals surface area contributed by atoms with Gasteiger partial charge in [0.1, 0.15) is 5.76 Å². The molecule has 0 unspecified atom stereocenters. The molecule has 2 aromatic heterocycles. The van der Waals surface area contributed by atoms with E-state index >= 15 is 0 Å². The number of likely N-dealkylation sites (N-methyl/N-ethyl adjacent to an activating group) is 1. The van der Waals surface area contributed by atoms with Crippen LogP contribution in [0.3, 0.4) is 0 Å². The molecule has 24 heavy (non-hydrogen) atoms. The zero-order valence-corrected chi connectivity index (χ0v) is 14.6. The number of aliphatic hydroxyl groups is 1. The third-order valence-corrected chi connectivity index (χ3v) is 3.91. The van der Waals surface area contributed by atoms with Gasteiger partial charge in [-0.1, -0.05) is 19.4 Å². The lowest BCUT2D eigenvalue weighted by Crippen LogP contribution is -2.18. The van der Waals surface area contributed by atoms with Crippen molar-refractivity contribution in [3.05, 3.63) is 47.6 Å². The molecule has 0 aliphatic heterocycles. The van der Waals surface area contributed by atoms with E-state index in [1.807, 2.05) is 19.0 Å². The number of furan rings is 1. The van der Waals surface area contributed by atoms with Crippen LogP contribution in [0.1, 0.15) is 48.5 Å². The quantitative estimate of drug-likeness (QED) is 0.531. The molecule has 0 saturated carbocycles. The third kappa shape index (κ3) is 4.07. The highest BCUT2D eigenvalue weighted by Crippen LogP contribution is 2.32. The van der Waals surface area contributed by atoms with Gasteiger partial charge in [-0.15, -0.1) is 6.58 Å². The van der Waals surface area contributed by atoms with Gasteiger partial charge in [0, 0.05) is 12.0 Å². The highest BCUT2D eigenvalue weighted by atomic mass is 16.5. The van der Waals surface area contributed by atoms with Gasteiger partial charge in [-0.25, -0.2) is 0 Å². The molecule has 2 rings (SSSR count). The van der Waals surface area contributed by atoms with E-state index in [0.29, 0.717) is 30.4 Å². The molecule has 0 bridgehead atoms. The number of aliphatic hydroxyl groups excluding tert-OH is 1. The molecular formula is C18H26N2O4. The molecule has 0 saturated heterocycles. The number of ether oxygens (including phenoxy) is 1. The van der Waals surface area contributed by atoms with Crippen LogP contribution in [0, 0.1) is 0 Å². The van der Waals surface area contributed by atoms with Crippen LogP contribution in [0.5, 0.6) is 5.88 Å². The first-order valence-electron chi connectivity index (χ1n) is 8.18. The van der Waals surface area contributed by atoms with Crippen molar-refractivity contribution >= 4 is 0 Å². The van der Waals surface area contributed by atoms with Crippen LogP contribution in [0.25, 0.3) is 0 Å². The SMILES string of the molecule is C=C[C@@H](c1onc(OCCCC)c1Cc1occc1CO)N(C)C. The number of nitrogens with zero attached hydrogens (tertiary/aromatic N) is 2. The Morgan fingerprint density at radius 1 is 1.46 bits per heavy atom. The van der Waals surface area contributed by atoms with Gasteiger partial charge in [0.25, 0.3) is 5.88 Å². The summed E-state index contributed by atoms with van der Waals surface area (Å²) in [4.78, 5) is 1.99. The molecule has 0 spiro atoms. The maximum absolute atomic E-state index is 9.44. The maximum Gasteiger partial charge on any atom is 0.258 e. The normalized spacial score (nSPS) is 12.5. The van der Waals surface area contributed by atoms with Crippen molar-refractivity contribution in [1.29, 1.82) is 0 Å². The van der Waals surface area contributed by atoms with Gasteiger partial charge >= 0.3 is 0 Å². The van der Waals surface area contributed by atoms with Crippen LogP contribution < -0.4 is 4.74 Å². The largest absolute Gasteiger partial charge is 0.475 e. The number of rotatable bonds is 10. The predicted octanol–water partition coefficient (Wildman–Crippen LogP) is 3.32. The Morgan fingerprint density at radius 3 is 2.88 bits per heavy atom. The summed E-state index contributed by atoms with van der Waals surface area (Å²) in [5.74, 6) is 1.85. The number of aromatic nitrogens is 1. The van der Waals surface area contributed by atoms with Crippen LogP contribution in [-0.4, -0.2) is 35.9 Å². The van der Waals surface area contributed by atoms with E-state index in [0.717, 1.165) is 24.0 Å². The first-order valence-corrected chi connectivity index (χ1v) is 8.18. The second-order valence-corrected chi connectivity index (χ2v) is 5.88. The molecule has 1 atom stereocenters. The fourth-order valence-corrected chi connectivity index (χ4v) is 2.50. The molecule has 0 aliphatic carbocycles. The molecule has 0 aromatic carbocycles. The molecule has 0 fully saturated rings. The molecule has 132 valence electrons. The Morgan fingerprint density at radius 2 is 2.25 bits per heavy atom. The van der Waals surface area contributed by atoms with E-state index in [4.69, 9.17) is 13.7 Å². The minimum absolute atomic E-state index is 0.0724. The van der Waals surface area contributed by atoms with Crippen molar-refractivity contribution in [3.63, 3.8) is 0 Å². The molecule has 0 amide bonds. The zero-order valence-electron chi connectivity index (χ0n) is 14.6. The summed E-state index contributed by atoms with van der Waals surface area (Å²) in [6, 6.07) is 1.64. The van der Waals surface area contributed by atoms with Crippen LogP contribution in [0.2, 0.25) is 0 Å². The lowest BCUT2D eigenvalue weighted by Gasteiger charge is -2.18. The van der Waals surface area contributed by atoms with Crippen LogP contribution in [0.4, 0.5) is 0 Å². The van der Waals surface area contributed by atoms with Gasteiger partial charge in [0.2, 0.25) is 0 Å². The average Bonchev–Trinajstić information content (AvgIpc) is 3.17. The molecule has 2 aromatic rings. The van der Waals surface area contributed by atoms with Crippen LogP contribution in [0.15, 0.2) is 33.9 Å². The summed E-state index contributed by atoms with van der Waals surface area (Å²) in [6.45, 7) is 6.50. The summed E-state index contributed by atoms with van der Waals surface area (Å²) in [6.07, 6.45) is 5.81. The van der Waals surface area contributed by atoms with Crippen molar-refractivity contribution in [3.8, 4) is 5.88 Å². The first kappa shape index (κ1) is 18.3. The third-order valence-electron chi connectivity index (χ3n) is 3.91. The summed E-state index contributed by atoms with van der Waals surface area (Å²) < 4.78 is 16.9. The van der Waals surface area contributed by atoms with Crippen molar-refractivity contribution in [1.82, 2.24) is 10.1 Å². The number of unbranched alkanes of at least 4 members (excludes halogenated alkanes) is 1. The van der Waals surface area contributed by atoms with E-state index in [1.54, 1.807) is 18.4 Å². The van der Waals surface area contributed by atoms with Gasteiger partial charge in [-0.3, -0.25) is 4.90 Å². The second-order valence-electron chi connectivity index (χ2n) is 5.88. The second kappa shape index (κ2) is 8.70. The standard InChI is InChI=1S/C18H26N2O4/c1-5-7-9-23-18-14(11-16-13(12-21)8-10-22-16)17(24-19-18)15(6-2)20(3)4/h6,8,10,15,21H,2,5,7,9,11-12H2,1,3-4H3/t15-/m0/s1. The Bertz CT molecular complexity index is 645. The lowest BCUT2D eigenvalue weighted by molar-refractivity contribution is 0.250. The predicted molar refractivity (Wildman–Crippen MR) is 91.0 cm³/mol. The van der Waals surface area contributed by atoms with E-state index < -0.39 is 0 Å². The van der Waals surface area contributed by atoms with Crippen molar-refractivity contribution in [2.75, 3.05) is 20.7 Å². The molecule has 6 nitrogen and oxygen atoms in total. The topological polar surface area (TPSA) is 71.9 Å². The molecule has 2 heterocycles. The van der Waals surface area contributed by atoms with Gasteiger partial charge in [-0.2, -0.15) is 0 Å². The maximum atomic E-state index is 9.44. The van der Waals surface area contributed by atoms with Crippen molar-refractivity contribution < 1.29 is 18.8 Å². The van der Waals surface area contributed by atoms with Crippen LogP contribution >= 0.6 is 0 Å². The van der Waals surface area contributed by atoms with E-state index in [2.05, 4.69) is 18.7 Å². The first-order chi connectivity index (χ1) is 11.6. The summed E-state index contributed by atoms with van der Waals surface area (Å²) in [5.41, 5.74) is 1.58. The van der Waals surface area contributed by atoms with Gasteiger partial charge in [0.05, 0.1) is 31.1 Å². The molecular weight excluding hydrogens is 308 g/mol. The summed E-state index contributed by atoms with van der Waals surface area (Å²) in [5, 5.41) is 13.5. The minimum Gasteiger partial charge on any atom is -0.475 e. The summed E-state index contributed by atoms with van der Waals surface area (Å²) >= 11 is 0. The fourth-order valence-electron chi connectivity index (χ4n) is 2.50. The average molecular weight is 334 g/mol. The highest BCUT2D eigenvalue weighted by molar-refractivity contribution is 5.36. The monoisotopic (exact) mass is 334 g/mol. The highest BCUT2D eigenvalue weighted by Gasteiger charge is 2.26. The number of hydrogen-bond acceptors (Lipinski definition) is 6. The Hall–Kier alpha value is -2.05. The van der Waals surface area contributed by atoms with Gasteiger partial charge < -0.3 is 18.8 Å². The van der Waals surface area contributed by atoms with E-state index in [1.165, 1.54) is 0 Å². The Kier molecular flexibility index (Phi) is 6.63.